The lowest BCUT2D eigenvalue weighted by molar-refractivity contribution is -0.384. The van der Waals surface area contributed by atoms with E-state index >= 15 is 0 Å². The number of hydrogen-bond donors (Lipinski definition) is 2. The van der Waals surface area contributed by atoms with Crippen molar-refractivity contribution in [1.29, 1.82) is 5.26 Å². The molecule has 0 saturated heterocycles. The number of rotatable bonds is 7. The summed E-state index contributed by atoms with van der Waals surface area (Å²) in [6.07, 6.45) is 2.67. The van der Waals surface area contributed by atoms with Gasteiger partial charge in [-0.25, -0.2) is 0 Å². The molecular formula is C16H14N4O5. The second-order valence-electron chi connectivity index (χ2n) is 4.72. The number of carbonyl (C=O) groups excluding carboxylic acids is 1. The lowest BCUT2D eigenvalue weighted by atomic mass is 10.2. The second kappa shape index (κ2) is 8.16. The van der Waals surface area contributed by atoms with Gasteiger partial charge in [-0.3, -0.25) is 14.9 Å². The molecule has 0 saturated carbocycles. The van der Waals surface area contributed by atoms with Gasteiger partial charge in [0.15, 0.2) is 0 Å². The number of nitrogens with one attached hydrogen (secondary N) is 2. The van der Waals surface area contributed by atoms with Crippen LogP contribution < -0.4 is 15.4 Å². The van der Waals surface area contributed by atoms with Crippen molar-refractivity contribution in [2.75, 3.05) is 12.4 Å². The van der Waals surface area contributed by atoms with E-state index in [1.54, 1.807) is 18.2 Å². The Kier molecular flexibility index (Phi) is 5.73. The molecule has 2 rings (SSSR count). The third-order valence-corrected chi connectivity index (χ3v) is 3.14. The molecule has 0 aliphatic rings. The fraction of sp³-hybridized carbons (Fsp3) is 0.125. The number of amides is 1. The Morgan fingerprint density at radius 1 is 1.48 bits per heavy atom. The van der Waals surface area contributed by atoms with Crippen LogP contribution >= 0.6 is 0 Å². The van der Waals surface area contributed by atoms with Gasteiger partial charge in [-0.2, -0.15) is 5.26 Å². The van der Waals surface area contributed by atoms with E-state index in [0.717, 1.165) is 0 Å². The maximum absolute atomic E-state index is 12.0. The van der Waals surface area contributed by atoms with E-state index in [-0.39, 0.29) is 23.6 Å². The van der Waals surface area contributed by atoms with Crippen molar-refractivity contribution in [1.82, 2.24) is 5.32 Å². The number of nitro benzene ring substituents is 1. The summed E-state index contributed by atoms with van der Waals surface area (Å²) in [6, 6.07) is 9.09. The Balaban J connectivity index is 2.08. The van der Waals surface area contributed by atoms with Crippen LogP contribution in [0.2, 0.25) is 0 Å². The molecule has 9 heteroatoms. The molecule has 9 nitrogen and oxygen atoms in total. The molecule has 2 aromatic rings. The van der Waals surface area contributed by atoms with Crippen LogP contribution in [0.5, 0.6) is 5.75 Å². The lowest BCUT2D eigenvalue weighted by Crippen LogP contribution is -2.24. The fourth-order valence-electron chi connectivity index (χ4n) is 1.89. The van der Waals surface area contributed by atoms with Gasteiger partial charge in [0.1, 0.15) is 23.2 Å². The molecule has 1 heterocycles. The highest BCUT2D eigenvalue weighted by Crippen LogP contribution is 2.29. The lowest BCUT2D eigenvalue weighted by Gasteiger charge is -2.08. The molecule has 0 atom stereocenters. The standard InChI is InChI=1S/C16H14N4O5/c1-24-15-7-12(20(22)23)4-5-14(15)18-9-11(8-17)16(21)19-10-13-3-2-6-25-13/h2-7,9,18H,10H2,1H3,(H,19,21)/b11-9-. The van der Waals surface area contributed by atoms with E-state index in [4.69, 9.17) is 14.4 Å². The first-order chi connectivity index (χ1) is 12.0. The molecule has 1 amide bonds. The predicted molar refractivity (Wildman–Crippen MR) is 87.5 cm³/mol. The van der Waals surface area contributed by atoms with Crippen LogP contribution in [-0.2, 0) is 11.3 Å². The number of carbonyl (C=O) groups is 1. The van der Waals surface area contributed by atoms with Crippen LogP contribution in [0.1, 0.15) is 5.76 Å². The summed E-state index contributed by atoms with van der Waals surface area (Å²) in [4.78, 5) is 22.2. The minimum atomic E-state index is -0.590. The molecule has 2 N–H and O–H groups in total. The Morgan fingerprint density at radius 2 is 2.28 bits per heavy atom. The van der Waals surface area contributed by atoms with Crippen LogP contribution in [0.3, 0.4) is 0 Å². The molecule has 0 spiro atoms. The van der Waals surface area contributed by atoms with Crippen molar-refractivity contribution in [3.63, 3.8) is 0 Å². The monoisotopic (exact) mass is 342 g/mol. The van der Waals surface area contributed by atoms with Crippen molar-refractivity contribution in [3.05, 3.63) is 64.2 Å². The number of anilines is 1. The Morgan fingerprint density at radius 3 is 2.88 bits per heavy atom. The third-order valence-electron chi connectivity index (χ3n) is 3.14. The van der Waals surface area contributed by atoms with Crippen LogP contribution in [-0.4, -0.2) is 17.9 Å². The van der Waals surface area contributed by atoms with Gasteiger partial charge in [-0.15, -0.1) is 0 Å². The quantitative estimate of drug-likeness (QED) is 0.342. The minimum Gasteiger partial charge on any atom is -0.494 e. The first-order valence-electron chi connectivity index (χ1n) is 7.05. The van der Waals surface area contributed by atoms with Crippen LogP contribution in [0.15, 0.2) is 52.8 Å². The van der Waals surface area contributed by atoms with Crippen molar-refractivity contribution in [2.45, 2.75) is 6.54 Å². The molecule has 0 unspecified atom stereocenters. The Labute approximate surface area is 142 Å². The molecule has 128 valence electrons. The highest BCUT2D eigenvalue weighted by Gasteiger charge is 2.13. The van der Waals surface area contributed by atoms with E-state index in [2.05, 4.69) is 10.6 Å². The van der Waals surface area contributed by atoms with Gasteiger partial charge in [-0.05, 0) is 18.2 Å². The Hall–Kier alpha value is -3.80. The van der Waals surface area contributed by atoms with Crippen LogP contribution in [0.25, 0.3) is 0 Å². The molecule has 0 fully saturated rings. The van der Waals surface area contributed by atoms with E-state index < -0.39 is 10.8 Å². The summed E-state index contributed by atoms with van der Waals surface area (Å²) in [6.45, 7) is 0.145. The minimum absolute atomic E-state index is 0.136. The molecule has 0 bridgehead atoms. The van der Waals surface area contributed by atoms with E-state index in [1.807, 2.05) is 0 Å². The van der Waals surface area contributed by atoms with Crippen LogP contribution in [0.4, 0.5) is 11.4 Å². The molecule has 0 aliphatic carbocycles. The number of non-ortho nitro benzene ring substituents is 1. The van der Waals surface area contributed by atoms with Gasteiger partial charge < -0.3 is 19.8 Å². The second-order valence-corrected chi connectivity index (χ2v) is 4.72. The van der Waals surface area contributed by atoms with Crippen molar-refractivity contribution >= 4 is 17.3 Å². The molecule has 0 radical (unpaired) electrons. The first-order valence-corrected chi connectivity index (χ1v) is 7.05. The van der Waals surface area contributed by atoms with Crippen molar-refractivity contribution < 1.29 is 18.9 Å². The van der Waals surface area contributed by atoms with E-state index in [0.29, 0.717) is 11.4 Å². The van der Waals surface area contributed by atoms with Gasteiger partial charge in [-0.1, -0.05) is 0 Å². The average Bonchev–Trinajstić information content (AvgIpc) is 3.13. The third kappa shape index (κ3) is 4.59. The molecular weight excluding hydrogens is 328 g/mol. The highest BCUT2D eigenvalue weighted by atomic mass is 16.6. The zero-order valence-corrected chi connectivity index (χ0v) is 13.2. The average molecular weight is 342 g/mol. The highest BCUT2D eigenvalue weighted by molar-refractivity contribution is 5.97. The summed E-state index contributed by atoms with van der Waals surface area (Å²) in [5.41, 5.74) is 0.0646. The number of nitriles is 1. The summed E-state index contributed by atoms with van der Waals surface area (Å²) in [5, 5.41) is 25.2. The summed E-state index contributed by atoms with van der Waals surface area (Å²) in [5.74, 6) is 0.168. The summed E-state index contributed by atoms with van der Waals surface area (Å²) >= 11 is 0. The number of furan rings is 1. The SMILES string of the molecule is COc1cc([N+](=O)[O-])ccc1N/C=C(/C#N)C(=O)NCc1ccco1. The van der Waals surface area contributed by atoms with Gasteiger partial charge >= 0.3 is 0 Å². The zero-order chi connectivity index (χ0) is 18.2. The Bertz CT molecular complexity index is 837. The number of benzene rings is 1. The maximum Gasteiger partial charge on any atom is 0.273 e. The van der Waals surface area contributed by atoms with Gasteiger partial charge in [0.25, 0.3) is 11.6 Å². The smallest absolute Gasteiger partial charge is 0.273 e. The molecule has 1 aromatic heterocycles. The van der Waals surface area contributed by atoms with Gasteiger partial charge in [0.2, 0.25) is 0 Å². The van der Waals surface area contributed by atoms with Gasteiger partial charge in [0, 0.05) is 12.3 Å². The van der Waals surface area contributed by atoms with E-state index in [9.17, 15) is 14.9 Å². The maximum atomic E-state index is 12.0. The number of nitrogens with zero attached hydrogens (tertiary/aromatic N) is 2. The van der Waals surface area contributed by atoms with Crippen molar-refractivity contribution in [2.24, 2.45) is 0 Å². The van der Waals surface area contributed by atoms with Crippen molar-refractivity contribution in [3.8, 4) is 11.8 Å². The zero-order valence-electron chi connectivity index (χ0n) is 13.2. The number of ether oxygens (including phenoxy) is 1. The predicted octanol–water partition coefficient (Wildman–Crippen LogP) is 2.33. The summed E-state index contributed by atoms with van der Waals surface area (Å²) < 4.78 is 10.2. The number of nitro groups is 1. The molecule has 25 heavy (non-hydrogen) atoms. The topological polar surface area (TPSA) is 130 Å². The van der Waals surface area contributed by atoms with E-state index in [1.165, 1.54) is 37.8 Å². The normalized spacial score (nSPS) is 10.6. The number of methoxy groups -OCH3 is 1. The summed E-state index contributed by atoms with van der Waals surface area (Å²) in [7, 11) is 1.36. The van der Waals surface area contributed by atoms with Crippen LogP contribution in [0, 0.1) is 21.4 Å². The molecule has 1 aromatic carbocycles. The van der Waals surface area contributed by atoms with Gasteiger partial charge in [0.05, 0.1) is 36.6 Å². The fourth-order valence-corrected chi connectivity index (χ4v) is 1.89. The molecule has 0 aliphatic heterocycles. The number of hydrogen-bond acceptors (Lipinski definition) is 7. The largest absolute Gasteiger partial charge is 0.494 e. The first kappa shape index (κ1) is 17.6.